The van der Waals surface area contributed by atoms with E-state index in [1.165, 1.54) is 6.42 Å². The van der Waals surface area contributed by atoms with Gasteiger partial charge in [0, 0.05) is 19.6 Å². The van der Waals surface area contributed by atoms with Crippen LogP contribution in [-0.2, 0) is 6.54 Å². The van der Waals surface area contributed by atoms with E-state index in [0.29, 0.717) is 24.0 Å². The molecule has 0 radical (unpaired) electrons. The second kappa shape index (κ2) is 7.92. The van der Waals surface area contributed by atoms with Gasteiger partial charge in [-0.25, -0.2) is 4.79 Å². The molecule has 1 aliphatic rings. The lowest BCUT2D eigenvalue weighted by Gasteiger charge is -2.21. The Kier molecular flexibility index (Phi) is 5.92. The van der Waals surface area contributed by atoms with Crippen LogP contribution < -0.4 is 14.8 Å². The summed E-state index contributed by atoms with van der Waals surface area (Å²) in [5, 5.41) is 2.99. The van der Waals surface area contributed by atoms with Crippen molar-refractivity contribution >= 4 is 6.03 Å². The van der Waals surface area contributed by atoms with Crippen LogP contribution in [0.4, 0.5) is 4.79 Å². The lowest BCUT2D eigenvalue weighted by atomic mass is 10.0. The van der Waals surface area contributed by atoms with Crippen LogP contribution in [0.2, 0.25) is 0 Å². The highest BCUT2D eigenvalue weighted by Gasteiger charge is 2.18. The summed E-state index contributed by atoms with van der Waals surface area (Å²) < 4.78 is 10.5. The van der Waals surface area contributed by atoms with Gasteiger partial charge in [0.1, 0.15) is 0 Å². The number of likely N-dealkylation sites (tertiary alicyclic amines) is 1. The van der Waals surface area contributed by atoms with Gasteiger partial charge in [0.15, 0.2) is 11.5 Å². The average Bonchev–Trinajstić information content (AvgIpc) is 2.77. The number of rotatable bonds is 4. The van der Waals surface area contributed by atoms with Crippen molar-refractivity contribution in [3.63, 3.8) is 0 Å². The Labute approximate surface area is 132 Å². The number of ether oxygens (including phenoxy) is 2. The first-order valence-corrected chi connectivity index (χ1v) is 7.87. The molecule has 5 heteroatoms. The van der Waals surface area contributed by atoms with Crippen LogP contribution in [0.15, 0.2) is 18.2 Å². The fourth-order valence-corrected chi connectivity index (χ4v) is 2.75. The van der Waals surface area contributed by atoms with E-state index in [2.05, 4.69) is 12.2 Å². The molecule has 22 heavy (non-hydrogen) atoms. The van der Waals surface area contributed by atoms with E-state index in [-0.39, 0.29) is 6.03 Å². The Morgan fingerprint density at radius 2 is 2.00 bits per heavy atom. The van der Waals surface area contributed by atoms with E-state index >= 15 is 0 Å². The maximum absolute atomic E-state index is 12.3. The molecule has 2 rings (SSSR count). The number of carbonyl (C=O) groups is 1. The van der Waals surface area contributed by atoms with Gasteiger partial charge < -0.3 is 19.7 Å². The summed E-state index contributed by atoms with van der Waals surface area (Å²) in [5.41, 5.74) is 0.995. The van der Waals surface area contributed by atoms with E-state index in [1.807, 2.05) is 23.1 Å². The standard InChI is InChI=1S/C17H26N2O3/c1-13-5-4-9-19(10-8-13)17(20)18-12-14-6-7-15(21-2)16(11-14)22-3/h6-7,11,13H,4-5,8-10,12H2,1-3H3,(H,18,20). The second-order valence-corrected chi connectivity index (χ2v) is 5.87. The van der Waals surface area contributed by atoms with Gasteiger partial charge in [-0.1, -0.05) is 13.0 Å². The number of nitrogens with zero attached hydrogens (tertiary/aromatic N) is 1. The average molecular weight is 306 g/mol. The minimum atomic E-state index is 0.0175. The van der Waals surface area contributed by atoms with Crippen LogP contribution in [0.25, 0.3) is 0 Å². The highest BCUT2D eigenvalue weighted by molar-refractivity contribution is 5.74. The van der Waals surface area contributed by atoms with Gasteiger partial charge in [-0.2, -0.15) is 0 Å². The molecule has 2 amide bonds. The summed E-state index contributed by atoms with van der Waals surface area (Å²) in [4.78, 5) is 14.2. The quantitative estimate of drug-likeness (QED) is 0.930. The lowest BCUT2D eigenvalue weighted by molar-refractivity contribution is 0.199. The van der Waals surface area contributed by atoms with E-state index in [0.717, 1.165) is 31.5 Å². The zero-order valence-electron chi connectivity index (χ0n) is 13.7. The third-order valence-electron chi connectivity index (χ3n) is 4.20. The minimum Gasteiger partial charge on any atom is -0.493 e. The summed E-state index contributed by atoms with van der Waals surface area (Å²) in [6, 6.07) is 5.70. The molecule has 1 fully saturated rings. The van der Waals surface area contributed by atoms with Crippen molar-refractivity contribution in [1.29, 1.82) is 0 Å². The largest absolute Gasteiger partial charge is 0.493 e. The predicted molar refractivity (Wildman–Crippen MR) is 86.4 cm³/mol. The molecule has 1 unspecified atom stereocenters. The van der Waals surface area contributed by atoms with E-state index in [9.17, 15) is 4.79 Å². The number of hydrogen-bond donors (Lipinski definition) is 1. The summed E-state index contributed by atoms with van der Waals surface area (Å²) in [6.07, 6.45) is 3.38. The molecule has 0 spiro atoms. The van der Waals surface area contributed by atoms with Crippen molar-refractivity contribution in [2.75, 3.05) is 27.3 Å². The van der Waals surface area contributed by atoms with Gasteiger partial charge >= 0.3 is 6.03 Å². The highest BCUT2D eigenvalue weighted by atomic mass is 16.5. The molecule has 1 aromatic rings. The number of nitrogens with one attached hydrogen (secondary N) is 1. The molecular weight excluding hydrogens is 280 g/mol. The zero-order valence-corrected chi connectivity index (χ0v) is 13.7. The maximum Gasteiger partial charge on any atom is 0.317 e. The number of carbonyl (C=O) groups excluding carboxylic acids is 1. The normalized spacial score (nSPS) is 18.5. The molecule has 0 bridgehead atoms. The molecule has 1 atom stereocenters. The molecule has 1 aliphatic heterocycles. The van der Waals surface area contributed by atoms with Crippen LogP contribution >= 0.6 is 0 Å². The number of amides is 2. The van der Waals surface area contributed by atoms with Crippen LogP contribution in [0.3, 0.4) is 0 Å². The smallest absolute Gasteiger partial charge is 0.317 e. The first kappa shape index (κ1) is 16.5. The molecule has 1 N–H and O–H groups in total. The van der Waals surface area contributed by atoms with Crippen molar-refractivity contribution in [2.24, 2.45) is 5.92 Å². The van der Waals surface area contributed by atoms with Gasteiger partial charge in [-0.3, -0.25) is 0 Å². The molecular formula is C17H26N2O3. The Balaban J connectivity index is 1.90. The van der Waals surface area contributed by atoms with Gasteiger partial charge in [0.25, 0.3) is 0 Å². The number of urea groups is 1. The first-order chi connectivity index (χ1) is 10.6. The molecule has 1 aromatic carbocycles. The predicted octanol–water partition coefficient (Wildman–Crippen LogP) is 3.04. The second-order valence-electron chi connectivity index (χ2n) is 5.87. The molecule has 1 saturated heterocycles. The van der Waals surface area contributed by atoms with Crippen LogP contribution in [0.1, 0.15) is 31.7 Å². The van der Waals surface area contributed by atoms with E-state index in [4.69, 9.17) is 9.47 Å². The summed E-state index contributed by atoms with van der Waals surface area (Å²) >= 11 is 0. The molecule has 0 aromatic heterocycles. The molecule has 0 aliphatic carbocycles. The zero-order chi connectivity index (χ0) is 15.9. The minimum absolute atomic E-state index is 0.0175. The van der Waals surface area contributed by atoms with Gasteiger partial charge in [0.05, 0.1) is 14.2 Å². The van der Waals surface area contributed by atoms with Crippen molar-refractivity contribution in [1.82, 2.24) is 10.2 Å². The molecule has 1 heterocycles. The summed E-state index contributed by atoms with van der Waals surface area (Å²) in [6.45, 7) is 4.44. The van der Waals surface area contributed by atoms with Gasteiger partial charge in [-0.05, 0) is 42.9 Å². The van der Waals surface area contributed by atoms with Gasteiger partial charge in [-0.15, -0.1) is 0 Å². The Morgan fingerprint density at radius 3 is 2.73 bits per heavy atom. The van der Waals surface area contributed by atoms with Crippen molar-refractivity contribution < 1.29 is 14.3 Å². The Hall–Kier alpha value is -1.91. The molecule has 5 nitrogen and oxygen atoms in total. The summed E-state index contributed by atoms with van der Waals surface area (Å²) in [7, 11) is 3.22. The van der Waals surface area contributed by atoms with Crippen LogP contribution in [0.5, 0.6) is 11.5 Å². The maximum atomic E-state index is 12.3. The Morgan fingerprint density at radius 1 is 1.23 bits per heavy atom. The fourth-order valence-electron chi connectivity index (χ4n) is 2.75. The summed E-state index contributed by atoms with van der Waals surface area (Å²) in [5.74, 6) is 2.08. The number of hydrogen-bond acceptors (Lipinski definition) is 3. The van der Waals surface area contributed by atoms with Crippen molar-refractivity contribution in [3.8, 4) is 11.5 Å². The number of methoxy groups -OCH3 is 2. The SMILES string of the molecule is COc1ccc(CNC(=O)N2CCCC(C)CC2)cc1OC. The van der Waals surface area contributed by atoms with Gasteiger partial charge in [0.2, 0.25) is 0 Å². The lowest BCUT2D eigenvalue weighted by Crippen LogP contribution is -2.40. The number of benzene rings is 1. The highest BCUT2D eigenvalue weighted by Crippen LogP contribution is 2.27. The van der Waals surface area contributed by atoms with Crippen molar-refractivity contribution in [3.05, 3.63) is 23.8 Å². The van der Waals surface area contributed by atoms with Crippen molar-refractivity contribution in [2.45, 2.75) is 32.7 Å². The molecule has 0 saturated carbocycles. The van der Waals surface area contributed by atoms with Crippen LogP contribution in [0, 0.1) is 5.92 Å². The van der Waals surface area contributed by atoms with Crippen LogP contribution in [-0.4, -0.2) is 38.2 Å². The first-order valence-electron chi connectivity index (χ1n) is 7.87. The molecule has 122 valence electrons. The van der Waals surface area contributed by atoms with E-state index in [1.54, 1.807) is 14.2 Å². The van der Waals surface area contributed by atoms with E-state index < -0.39 is 0 Å². The monoisotopic (exact) mass is 306 g/mol. The topological polar surface area (TPSA) is 50.8 Å². The Bertz CT molecular complexity index is 505. The fraction of sp³-hybridized carbons (Fsp3) is 0.588. The third kappa shape index (κ3) is 4.29. The third-order valence-corrected chi connectivity index (χ3v) is 4.20.